The number of benzene rings is 3. The van der Waals surface area contributed by atoms with Crippen LogP contribution in [0.2, 0.25) is 5.02 Å². The van der Waals surface area contributed by atoms with Crippen molar-refractivity contribution in [3.63, 3.8) is 0 Å². The minimum absolute atomic E-state index is 0.0670. The number of amides is 1. The first-order chi connectivity index (χ1) is 15.3. The first kappa shape index (κ1) is 23.2. The second-order valence-corrected chi connectivity index (χ2v) is 7.76. The van der Waals surface area contributed by atoms with Crippen molar-refractivity contribution in [1.29, 1.82) is 0 Å². The molecule has 0 saturated carbocycles. The molecule has 8 heteroatoms. The minimum atomic E-state index is -1.82. The maximum absolute atomic E-state index is 12.6. The van der Waals surface area contributed by atoms with E-state index in [-0.39, 0.29) is 5.91 Å². The molecule has 0 atom stereocenters. The van der Waals surface area contributed by atoms with Crippen molar-refractivity contribution in [3.8, 4) is 0 Å². The number of hydrogen-bond acceptors (Lipinski definition) is 4. The summed E-state index contributed by atoms with van der Waals surface area (Å²) in [5, 5.41) is 18.0. The highest BCUT2D eigenvalue weighted by molar-refractivity contribution is 6.31. The lowest BCUT2D eigenvalue weighted by molar-refractivity contribution is -0.159. The number of rotatable bonds is 3. The summed E-state index contributed by atoms with van der Waals surface area (Å²) in [5.74, 6) is -3.58. The summed E-state index contributed by atoms with van der Waals surface area (Å²) in [6.45, 7) is 4.18. The number of carboxylic acids is 2. The van der Waals surface area contributed by atoms with Crippen LogP contribution in [0.5, 0.6) is 0 Å². The number of nitrogens with zero attached hydrogens (tertiary/aromatic N) is 2. The van der Waals surface area contributed by atoms with Crippen LogP contribution in [0.4, 0.5) is 0 Å². The molecule has 2 N–H and O–H groups in total. The molecule has 0 spiro atoms. The summed E-state index contributed by atoms with van der Waals surface area (Å²) >= 11 is 6.01. The van der Waals surface area contributed by atoms with Crippen LogP contribution in [-0.2, 0) is 16.1 Å². The number of piperazine rings is 1. The third kappa shape index (κ3) is 6.06. The third-order valence-corrected chi connectivity index (χ3v) is 5.42. The Labute approximate surface area is 190 Å². The van der Waals surface area contributed by atoms with Gasteiger partial charge >= 0.3 is 11.9 Å². The number of carbonyl (C=O) groups is 3. The van der Waals surface area contributed by atoms with Crippen molar-refractivity contribution in [2.75, 3.05) is 26.2 Å². The van der Waals surface area contributed by atoms with Crippen molar-refractivity contribution in [1.82, 2.24) is 9.80 Å². The Bertz CT molecular complexity index is 1110. The molecule has 32 heavy (non-hydrogen) atoms. The van der Waals surface area contributed by atoms with E-state index in [2.05, 4.69) is 47.4 Å². The number of halogens is 1. The fourth-order valence-corrected chi connectivity index (χ4v) is 3.77. The Morgan fingerprint density at radius 1 is 0.812 bits per heavy atom. The van der Waals surface area contributed by atoms with Crippen LogP contribution in [0.15, 0.2) is 66.7 Å². The Morgan fingerprint density at radius 3 is 2.09 bits per heavy atom. The van der Waals surface area contributed by atoms with Gasteiger partial charge in [-0.15, -0.1) is 0 Å². The number of carbonyl (C=O) groups excluding carboxylic acids is 1. The molecule has 0 radical (unpaired) electrons. The molecule has 3 aromatic rings. The highest BCUT2D eigenvalue weighted by Crippen LogP contribution is 2.21. The fraction of sp³-hybridized carbons (Fsp3) is 0.208. The second-order valence-electron chi connectivity index (χ2n) is 7.33. The Kier molecular flexibility index (Phi) is 7.81. The summed E-state index contributed by atoms with van der Waals surface area (Å²) < 4.78 is 0. The van der Waals surface area contributed by atoms with E-state index in [1.54, 1.807) is 12.1 Å². The molecule has 1 heterocycles. The Hall–Kier alpha value is -3.42. The van der Waals surface area contributed by atoms with Crippen LogP contribution in [0.1, 0.15) is 15.9 Å². The van der Waals surface area contributed by atoms with Gasteiger partial charge in [-0.2, -0.15) is 0 Å². The zero-order valence-corrected chi connectivity index (χ0v) is 18.0. The molecule has 4 rings (SSSR count). The molecule has 1 fully saturated rings. The maximum Gasteiger partial charge on any atom is 0.414 e. The zero-order chi connectivity index (χ0) is 23.1. The normalized spacial score (nSPS) is 13.8. The predicted octanol–water partition coefficient (Wildman–Crippen LogP) is 3.61. The Morgan fingerprint density at radius 2 is 1.44 bits per heavy atom. The van der Waals surface area contributed by atoms with E-state index in [1.807, 2.05) is 17.0 Å². The summed E-state index contributed by atoms with van der Waals surface area (Å²) in [4.78, 5) is 35.2. The van der Waals surface area contributed by atoms with E-state index in [0.717, 1.165) is 32.7 Å². The van der Waals surface area contributed by atoms with Crippen molar-refractivity contribution in [3.05, 3.63) is 82.9 Å². The predicted molar refractivity (Wildman–Crippen MR) is 122 cm³/mol. The molecule has 0 aromatic heterocycles. The van der Waals surface area contributed by atoms with E-state index in [0.29, 0.717) is 10.6 Å². The molecular formula is C24H23ClN2O5. The SMILES string of the molecule is O=C(O)C(=O)O.O=C(c1cccc(Cl)c1)N1CCN(Cc2cccc3ccccc23)CC1. The lowest BCUT2D eigenvalue weighted by atomic mass is 10.0. The Balaban J connectivity index is 0.000000427. The minimum Gasteiger partial charge on any atom is -0.473 e. The maximum atomic E-state index is 12.6. The number of hydrogen-bond donors (Lipinski definition) is 2. The van der Waals surface area contributed by atoms with Gasteiger partial charge in [-0.1, -0.05) is 60.1 Å². The van der Waals surface area contributed by atoms with E-state index in [9.17, 15) is 4.79 Å². The molecule has 0 bridgehead atoms. The molecular weight excluding hydrogens is 432 g/mol. The van der Waals surface area contributed by atoms with E-state index in [1.165, 1.54) is 16.3 Å². The summed E-state index contributed by atoms with van der Waals surface area (Å²) in [6, 6.07) is 22.2. The van der Waals surface area contributed by atoms with Crippen LogP contribution >= 0.6 is 11.6 Å². The summed E-state index contributed by atoms with van der Waals surface area (Å²) in [6.07, 6.45) is 0. The van der Waals surface area contributed by atoms with Gasteiger partial charge in [0, 0.05) is 43.3 Å². The van der Waals surface area contributed by atoms with Gasteiger partial charge in [0.05, 0.1) is 0 Å². The molecule has 1 aliphatic heterocycles. The van der Waals surface area contributed by atoms with Crippen LogP contribution < -0.4 is 0 Å². The fourth-order valence-electron chi connectivity index (χ4n) is 3.58. The highest BCUT2D eigenvalue weighted by Gasteiger charge is 2.22. The molecule has 0 aliphatic carbocycles. The monoisotopic (exact) mass is 454 g/mol. The van der Waals surface area contributed by atoms with Crippen LogP contribution in [0.3, 0.4) is 0 Å². The van der Waals surface area contributed by atoms with E-state index >= 15 is 0 Å². The van der Waals surface area contributed by atoms with Crippen molar-refractivity contribution in [2.45, 2.75) is 6.54 Å². The van der Waals surface area contributed by atoms with Gasteiger partial charge in [-0.05, 0) is 34.5 Å². The lowest BCUT2D eigenvalue weighted by Gasteiger charge is -2.35. The molecule has 1 aliphatic rings. The van der Waals surface area contributed by atoms with Gasteiger partial charge in [-0.3, -0.25) is 9.69 Å². The topological polar surface area (TPSA) is 98.1 Å². The lowest BCUT2D eigenvalue weighted by Crippen LogP contribution is -2.48. The molecule has 1 amide bonds. The zero-order valence-electron chi connectivity index (χ0n) is 17.3. The number of fused-ring (bicyclic) bond motifs is 1. The summed E-state index contributed by atoms with van der Waals surface area (Å²) in [5.41, 5.74) is 2.01. The molecule has 0 unspecified atom stereocenters. The van der Waals surface area contributed by atoms with Crippen LogP contribution in [0.25, 0.3) is 10.8 Å². The standard InChI is InChI=1S/C22H21ClN2O.C2H2O4/c23-20-9-4-7-18(15-20)22(26)25-13-11-24(12-14-25)16-19-8-3-6-17-5-1-2-10-21(17)19;3-1(4)2(5)6/h1-10,15H,11-14,16H2;(H,3,4)(H,5,6). The average molecular weight is 455 g/mol. The van der Waals surface area contributed by atoms with Crippen molar-refractivity contribution < 1.29 is 24.6 Å². The number of aliphatic carboxylic acids is 2. The largest absolute Gasteiger partial charge is 0.473 e. The number of carboxylic acid groups (broad SMARTS) is 2. The van der Waals surface area contributed by atoms with Crippen molar-refractivity contribution >= 4 is 40.2 Å². The van der Waals surface area contributed by atoms with E-state index in [4.69, 9.17) is 31.4 Å². The smallest absolute Gasteiger partial charge is 0.414 e. The van der Waals surface area contributed by atoms with E-state index < -0.39 is 11.9 Å². The van der Waals surface area contributed by atoms with Crippen LogP contribution in [-0.4, -0.2) is 64.0 Å². The van der Waals surface area contributed by atoms with Crippen LogP contribution in [0, 0.1) is 0 Å². The average Bonchev–Trinajstić information content (AvgIpc) is 2.80. The quantitative estimate of drug-likeness (QED) is 0.587. The van der Waals surface area contributed by atoms with Gasteiger partial charge in [0.1, 0.15) is 0 Å². The van der Waals surface area contributed by atoms with Gasteiger partial charge in [0.25, 0.3) is 5.91 Å². The van der Waals surface area contributed by atoms with Gasteiger partial charge in [0.2, 0.25) is 0 Å². The van der Waals surface area contributed by atoms with Crippen molar-refractivity contribution in [2.24, 2.45) is 0 Å². The molecule has 3 aromatic carbocycles. The highest BCUT2D eigenvalue weighted by atomic mass is 35.5. The molecule has 7 nitrogen and oxygen atoms in total. The molecule has 1 saturated heterocycles. The third-order valence-electron chi connectivity index (χ3n) is 5.19. The molecule has 166 valence electrons. The van der Waals surface area contributed by atoms with Gasteiger partial charge in [-0.25, -0.2) is 9.59 Å². The first-order valence-corrected chi connectivity index (χ1v) is 10.4. The first-order valence-electron chi connectivity index (χ1n) is 10.0. The van der Waals surface area contributed by atoms with Gasteiger partial charge in [0.15, 0.2) is 0 Å². The summed E-state index contributed by atoms with van der Waals surface area (Å²) in [7, 11) is 0. The second kappa shape index (κ2) is 10.7. The van der Waals surface area contributed by atoms with Gasteiger partial charge < -0.3 is 15.1 Å².